The minimum atomic E-state index is 0.657. The minimum absolute atomic E-state index is 0.657. The average Bonchev–Trinajstić information content (AvgIpc) is 3.70. The highest BCUT2D eigenvalue weighted by Gasteiger charge is 2.22. The summed E-state index contributed by atoms with van der Waals surface area (Å²) in [5.74, 6) is 0. The second-order valence-corrected chi connectivity index (χ2v) is 13.7. The third-order valence-corrected chi connectivity index (χ3v) is 11.2. The molecule has 0 N–H and O–H groups in total. The van der Waals surface area contributed by atoms with Crippen molar-refractivity contribution in [2.75, 3.05) is 0 Å². The topological polar surface area (TPSA) is 23.8 Å². The average molecular weight is 620 g/mol. The molecule has 9 aromatic rings. The highest BCUT2D eigenvalue weighted by molar-refractivity contribution is 7.26. The molecule has 0 atom stereocenters. The Hall–Kier alpha value is -5.53. The van der Waals surface area contributed by atoms with E-state index in [0.29, 0.717) is 5.56 Å². The summed E-state index contributed by atoms with van der Waals surface area (Å²) in [5.41, 5.74) is 9.99. The molecule has 3 heteroatoms. The standard InChI is InChI=1S/C43H25NS2/c44-26-27-11-8-14-29(23-27)30-24-35(31-17-9-21-39-42(31)33-15-4-6-19-37(33)45-39)41(28-12-2-1-3-13-28)36(25-30)32-18-10-22-40-43(32)34-16-5-7-20-38(34)46-40/h1-25H. The third kappa shape index (κ3) is 4.27. The van der Waals surface area contributed by atoms with Crippen LogP contribution in [0.4, 0.5) is 0 Å². The van der Waals surface area contributed by atoms with Crippen molar-refractivity contribution < 1.29 is 0 Å². The molecule has 2 heterocycles. The number of thiophene rings is 2. The molecule has 0 fully saturated rings. The zero-order valence-corrected chi connectivity index (χ0v) is 26.3. The fourth-order valence-corrected chi connectivity index (χ4v) is 9.18. The summed E-state index contributed by atoms with van der Waals surface area (Å²) >= 11 is 3.70. The Kier molecular flexibility index (Phi) is 6.31. The van der Waals surface area contributed by atoms with E-state index >= 15 is 0 Å². The van der Waals surface area contributed by atoms with E-state index in [-0.39, 0.29) is 0 Å². The number of nitriles is 1. The van der Waals surface area contributed by atoms with Crippen LogP contribution in [0.1, 0.15) is 5.56 Å². The van der Waals surface area contributed by atoms with Crippen LogP contribution >= 0.6 is 22.7 Å². The number of fused-ring (bicyclic) bond motifs is 6. The molecule has 0 aliphatic rings. The maximum atomic E-state index is 9.81. The Labute approximate surface area is 274 Å². The molecular formula is C43H25NS2. The summed E-state index contributed by atoms with van der Waals surface area (Å²) in [5, 5.41) is 14.9. The number of hydrogen-bond acceptors (Lipinski definition) is 3. The van der Waals surface area contributed by atoms with Crippen molar-refractivity contribution in [2.24, 2.45) is 0 Å². The fourth-order valence-electron chi connectivity index (χ4n) is 6.92. The summed E-state index contributed by atoms with van der Waals surface area (Å²) in [7, 11) is 0. The van der Waals surface area contributed by atoms with Gasteiger partial charge in [-0.25, -0.2) is 0 Å². The van der Waals surface area contributed by atoms with E-state index in [1.54, 1.807) is 0 Å². The summed E-state index contributed by atoms with van der Waals surface area (Å²) in [6, 6.07) is 56.7. The molecule has 0 saturated heterocycles. The molecule has 0 aliphatic heterocycles. The molecular weight excluding hydrogens is 595 g/mol. The Morgan fingerprint density at radius 2 is 0.891 bits per heavy atom. The highest BCUT2D eigenvalue weighted by atomic mass is 32.1. The Bertz CT molecular complexity index is 2520. The van der Waals surface area contributed by atoms with Gasteiger partial charge in [0.05, 0.1) is 11.6 Å². The Balaban J connectivity index is 1.48. The first-order valence-electron chi connectivity index (χ1n) is 15.3. The zero-order valence-electron chi connectivity index (χ0n) is 24.7. The van der Waals surface area contributed by atoms with Crippen LogP contribution < -0.4 is 0 Å². The highest BCUT2D eigenvalue weighted by Crippen LogP contribution is 2.50. The first-order valence-corrected chi connectivity index (χ1v) is 17.0. The van der Waals surface area contributed by atoms with Crippen LogP contribution in [0.2, 0.25) is 0 Å². The van der Waals surface area contributed by atoms with Crippen molar-refractivity contribution in [3.8, 4) is 50.6 Å². The normalized spacial score (nSPS) is 11.5. The lowest BCUT2D eigenvalue weighted by atomic mass is 9.83. The largest absolute Gasteiger partial charge is 0.192 e. The van der Waals surface area contributed by atoms with Crippen LogP contribution in [0.3, 0.4) is 0 Å². The van der Waals surface area contributed by atoms with Gasteiger partial charge in [-0.05, 0) is 93.0 Å². The van der Waals surface area contributed by atoms with E-state index in [2.05, 4.69) is 140 Å². The molecule has 214 valence electrons. The van der Waals surface area contributed by atoms with E-state index in [4.69, 9.17) is 0 Å². The second kappa shape index (κ2) is 10.8. The lowest BCUT2D eigenvalue weighted by Gasteiger charge is -2.20. The van der Waals surface area contributed by atoms with E-state index in [1.807, 2.05) is 40.9 Å². The maximum absolute atomic E-state index is 9.81. The maximum Gasteiger partial charge on any atom is 0.0991 e. The fraction of sp³-hybridized carbons (Fsp3) is 0. The number of nitrogens with zero attached hydrogens (tertiary/aromatic N) is 1. The van der Waals surface area contributed by atoms with E-state index in [1.165, 1.54) is 73.7 Å². The van der Waals surface area contributed by atoms with Crippen LogP contribution in [0.5, 0.6) is 0 Å². The van der Waals surface area contributed by atoms with E-state index in [9.17, 15) is 5.26 Å². The molecule has 0 radical (unpaired) electrons. The van der Waals surface area contributed by atoms with Crippen LogP contribution in [0.15, 0.2) is 152 Å². The number of rotatable bonds is 4. The van der Waals surface area contributed by atoms with Crippen molar-refractivity contribution in [2.45, 2.75) is 0 Å². The van der Waals surface area contributed by atoms with Crippen LogP contribution in [-0.4, -0.2) is 0 Å². The lowest BCUT2D eigenvalue weighted by Crippen LogP contribution is -1.94. The number of benzene rings is 7. The zero-order chi connectivity index (χ0) is 30.6. The van der Waals surface area contributed by atoms with Gasteiger partial charge in [-0.15, -0.1) is 22.7 Å². The molecule has 0 saturated carbocycles. The third-order valence-electron chi connectivity index (χ3n) is 8.91. The first kappa shape index (κ1) is 26.8. The van der Waals surface area contributed by atoms with Gasteiger partial charge in [0.1, 0.15) is 0 Å². The van der Waals surface area contributed by atoms with Crippen molar-refractivity contribution in [1.82, 2.24) is 0 Å². The summed E-state index contributed by atoms with van der Waals surface area (Å²) in [6.07, 6.45) is 0. The van der Waals surface area contributed by atoms with Gasteiger partial charge in [-0.2, -0.15) is 5.26 Å². The summed E-state index contributed by atoms with van der Waals surface area (Å²) in [6.45, 7) is 0. The molecule has 2 aromatic heterocycles. The van der Waals surface area contributed by atoms with Crippen molar-refractivity contribution in [3.63, 3.8) is 0 Å². The Morgan fingerprint density at radius 1 is 0.391 bits per heavy atom. The van der Waals surface area contributed by atoms with Gasteiger partial charge in [0.25, 0.3) is 0 Å². The summed E-state index contributed by atoms with van der Waals surface area (Å²) in [4.78, 5) is 0. The predicted molar refractivity (Wildman–Crippen MR) is 199 cm³/mol. The first-order chi connectivity index (χ1) is 22.8. The molecule has 0 spiro atoms. The molecule has 7 aromatic carbocycles. The molecule has 0 bridgehead atoms. The van der Waals surface area contributed by atoms with E-state index in [0.717, 1.165) is 11.1 Å². The minimum Gasteiger partial charge on any atom is -0.192 e. The SMILES string of the molecule is N#Cc1cccc(-c2cc(-c3cccc4sc5ccccc5c34)c(-c3ccccc3)c(-c3cccc4sc5ccccc5c34)c2)c1. The molecule has 0 aliphatic carbocycles. The quantitative estimate of drug-likeness (QED) is 0.192. The molecule has 0 unspecified atom stereocenters. The van der Waals surface area contributed by atoms with Gasteiger partial charge in [0, 0.05) is 40.3 Å². The van der Waals surface area contributed by atoms with Gasteiger partial charge in [0.15, 0.2) is 0 Å². The van der Waals surface area contributed by atoms with E-state index < -0.39 is 0 Å². The lowest BCUT2D eigenvalue weighted by molar-refractivity contribution is 1.48. The van der Waals surface area contributed by atoms with Gasteiger partial charge >= 0.3 is 0 Å². The van der Waals surface area contributed by atoms with Crippen LogP contribution in [0, 0.1) is 11.3 Å². The monoisotopic (exact) mass is 619 g/mol. The number of hydrogen-bond donors (Lipinski definition) is 0. The van der Waals surface area contributed by atoms with Gasteiger partial charge in [0.2, 0.25) is 0 Å². The molecule has 0 amide bonds. The summed E-state index contributed by atoms with van der Waals surface area (Å²) < 4.78 is 5.14. The molecule has 46 heavy (non-hydrogen) atoms. The van der Waals surface area contributed by atoms with Crippen molar-refractivity contribution in [1.29, 1.82) is 5.26 Å². The van der Waals surface area contributed by atoms with Crippen molar-refractivity contribution in [3.05, 3.63) is 157 Å². The van der Waals surface area contributed by atoms with Gasteiger partial charge < -0.3 is 0 Å². The molecule has 1 nitrogen and oxygen atoms in total. The second-order valence-electron chi connectivity index (χ2n) is 11.6. The smallest absolute Gasteiger partial charge is 0.0991 e. The van der Waals surface area contributed by atoms with Crippen LogP contribution in [0.25, 0.3) is 84.9 Å². The van der Waals surface area contributed by atoms with Crippen LogP contribution in [-0.2, 0) is 0 Å². The molecule has 9 rings (SSSR count). The predicted octanol–water partition coefficient (Wildman–Crippen LogP) is 13.0. The van der Waals surface area contributed by atoms with Gasteiger partial charge in [-0.1, -0.05) is 103 Å². The van der Waals surface area contributed by atoms with Gasteiger partial charge in [-0.3, -0.25) is 0 Å². The van der Waals surface area contributed by atoms with Crippen molar-refractivity contribution >= 4 is 63.0 Å². The Morgan fingerprint density at radius 3 is 1.48 bits per heavy atom.